The normalized spacial score (nSPS) is 10.6. The lowest BCUT2D eigenvalue weighted by Gasteiger charge is -2.13. The van der Waals surface area contributed by atoms with Gasteiger partial charge < -0.3 is 10.1 Å². The van der Waals surface area contributed by atoms with E-state index in [0.717, 1.165) is 11.1 Å². The molecule has 0 spiro atoms. The van der Waals surface area contributed by atoms with E-state index < -0.39 is 11.9 Å². The number of hydrazine groups is 1. The number of aryl methyl sites for hydroxylation is 2. The second-order valence-corrected chi connectivity index (χ2v) is 8.68. The van der Waals surface area contributed by atoms with Crippen molar-refractivity contribution in [2.45, 2.75) is 20.4 Å². The number of nitrogens with one attached hydrogen (secondary N) is 3. The highest BCUT2D eigenvalue weighted by Gasteiger charge is 2.18. The zero-order chi connectivity index (χ0) is 25.7. The van der Waals surface area contributed by atoms with Gasteiger partial charge in [-0.3, -0.25) is 10.2 Å². The molecule has 0 aliphatic rings. The number of carbonyl (C=O) groups excluding carboxylic acids is 2. The molecule has 0 unspecified atom stereocenters. The summed E-state index contributed by atoms with van der Waals surface area (Å²) in [5.41, 5.74) is 7.80. The van der Waals surface area contributed by atoms with Crippen molar-refractivity contribution in [1.29, 1.82) is 0 Å². The van der Waals surface area contributed by atoms with Crippen molar-refractivity contribution in [2.24, 2.45) is 0 Å². The smallest absolute Gasteiger partial charge is 0.337 e. The van der Waals surface area contributed by atoms with Gasteiger partial charge in [0, 0.05) is 10.7 Å². The summed E-state index contributed by atoms with van der Waals surface area (Å²) >= 11 is 12.2. The van der Waals surface area contributed by atoms with Crippen LogP contribution in [0.5, 0.6) is 11.5 Å². The zero-order valence-corrected chi connectivity index (χ0v) is 20.8. The van der Waals surface area contributed by atoms with Crippen LogP contribution in [-0.4, -0.2) is 32.1 Å². The summed E-state index contributed by atoms with van der Waals surface area (Å²) < 4.78 is 7.25. The minimum absolute atomic E-state index is 0.262. The molecule has 0 aliphatic carbocycles. The van der Waals surface area contributed by atoms with Crippen LogP contribution in [0.15, 0.2) is 60.7 Å². The number of benzene rings is 3. The molecule has 0 atom stereocenters. The van der Waals surface area contributed by atoms with E-state index in [1.54, 1.807) is 42.5 Å². The van der Waals surface area contributed by atoms with Gasteiger partial charge in [0.25, 0.3) is 5.91 Å². The number of urea groups is 1. The van der Waals surface area contributed by atoms with Gasteiger partial charge in [-0.25, -0.2) is 14.9 Å². The SMILES string of the molecule is Cc1cc(C)cc(NC(=O)NNC(=O)Cn2nnnc2-c2ccccc2Oc2ccc(Cl)cc2Cl)c1. The van der Waals surface area contributed by atoms with Crippen LogP contribution in [0.1, 0.15) is 11.1 Å². The lowest BCUT2D eigenvalue weighted by molar-refractivity contribution is -0.122. The van der Waals surface area contributed by atoms with E-state index in [4.69, 9.17) is 27.9 Å². The standard InChI is InChI=1S/C24H21Cl2N7O3/c1-14-9-15(2)11-17(10-14)27-24(35)30-28-22(34)13-33-23(29-31-32-33)18-5-3-4-6-20(18)36-21-8-7-16(25)12-19(21)26/h3-12H,13H2,1-2H3,(H,28,34)(H2,27,30,35). The van der Waals surface area contributed by atoms with Crippen LogP contribution >= 0.6 is 23.2 Å². The summed E-state index contributed by atoms with van der Waals surface area (Å²) in [6.07, 6.45) is 0. The van der Waals surface area contributed by atoms with Crippen LogP contribution in [0.25, 0.3) is 11.4 Å². The van der Waals surface area contributed by atoms with Gasteiger partial charge in [-0.05, 0) is 77.9 Å². The Hall–Kier alpha value is -4.15. The van der Waals surface area contributed by atoms with Crippen molar-refractivity contribution in [1.82, 2.24) is 31.1 Å². The number of hydrogen-bond acceptors (Lipinski definition) is 6. The first-order valence-corrected chi connectivity index (χ1v) is 11.5. The molecule has 4 aromatic rings. The number of para-hydroxylation sites is 1. The summed E-state index contributed by atoms with van der Waals surface area (Å²) in [5, 5.41) is 15.1. The number of ether oxygens (including phenoxy) is 1. The average molecular weight is 526 g/mol. The van der Waals surface area contributed by atoms with Gasteiger partial charge in [0.05, 0.1) is 10.6 Å². The third kappa shape index (κ3) is 6.29. The number of nitrogens with zero attached hydrogens (tertiary/aromatic N) is 4. The van der Waals surface area contributed by atoms with Crippen molar-refractivity contribution in [2.75, 3.05) is 5.32 Å². The Labute approximate surface area is 216 Å². The quantitative estimate of drug-likeness (QED) is 0.307. The van der Waals surface area contributed by atoms with Crippen LogP contribution in [0.3, 0.4) is 0 Å². The highest BCUT2D eigenvalue weighted by molar-refractivity contribution is 6.35. The van der Waals surface area contributed by atoms with Crippen molar-refractivity contribution >= 4 is 40.8 Å². The van der Waals surface area contributed by atoms with Crippen LogP contribution in [0, 0.1) is 13.8 Å². The van der Waals surface area contributed by atoms with Gasteiger partial charge in [0.2, 0.25) is 0 Å². The first kappa shape index (κ1) is 25.0. The Bertz CT molecular complexity index is 1400. The summed E-state index contributed by atoms with van der Waals surface area (Å²) in [6, 6.07) is 16.9. The Morgan fingerprint density at radius 1 is 0.944 bits per heavy atom. The van der Waals surface area contributed by atoms with Crippen molar-refractivity contribution in [3.8, 4) is 22.9 Å². The van der Waals surface area contributed by atoms with Gasteiger partial charge in [-0.15, -0.1) is 5.10 Å². The molecular formula is C24H21Cl2N7O3. The minimum Gasteiger partial charge on any atom is -0.455 e. The Morgan fingerprint density at radius 3 is 2.44 bits per heavy atom. The van der Waals surface area contributed by atoms with Crippen LogP contribution in [0.4, 0.5) is 10.5 Å². The summed E-state index contributed by atoms with van der Waals surface area (Å²) in [7, 11) is 0. The fourth-order valence-corrected chi connectivity index (χ4v) is 3.88. The number of halogens is 2. The monoisotopic (exact) mass is 525 g/mol. The van der Waals surface area contributed by atoms with Crippen LogP contribution in [0.2, 0.25) is 10.0 Å². The molecular weight excluding hydrogens is 505 g/mol. The van der Waals surface area contributed by atoms with E-state index in [1.807, 2.05) is 32.0 Å². The molecule has 1 heterocycles. The second-order valence-electron chi connectivity index (χ2n) is 7.84. The van der Waals surface area contributed by atoms with E-state index in [1.165, 1.54) is 4.68 Å². The number of anilines is 1. The molecule has 0 radical (unpaired) electrons. The van der Waals surface area contributed by atoms with Crippen LogP contribution < -0.4 is 20.9 Å². The topological polar surface area (TPSA) is 123 Å². The minimum atomic E-state index is -0.594. The Balaban J connectivity index is 1.42. The molecule has 3 aromatic carbocycles. The first-order chi connectivity index (χ1) is 17.3. The van der Waals surface area contributed by atoms with E-state index >= 15 is 0 Å². The van der Waals surface area contributed by atoms with Gasteiger partial charge in [0.1, 0.15) is 18.0 Å². The van der Waals surface area contributed by atoms with Crippen LogP contribution in [-0.2, 0) is 11.3 Å². The largest absolute Gasteiger partial charge is 0.455 e. The molecule has 3 N–H and O–H groups in total. The molecule has 3 amide bonds. The molecule has 1 aromatic heterocycles. The molecule has 0 aliphatic heterocycles. The van der Waals surface area contributed by atoms with E-state index in [2.05, 4.69) is 31.7 Å². The molecule has 0 fully saturated rings. The van der Waals surface area contributed by atoms with Gasteiger partial charge in [0.15, 0.2) is 5.82 Å². The number of amides is 3. The number of carbonyl (C=O) groups is 2. The number of hydrogen-bond donors (Lipinski definition) is 3. The summed E-state index contributed by atoms with van der Waals surface area (Å²) in [6.45, 7) is 3.59. The molecule has 0 saturated carbocycles. The lowest BCUT2D eigenvalue weighted by atomic mass is 10.1. The highest BCUT2D eigenvalue weighted by Crippen LogP contribution is 2.36. The fourth-order valence-electron chi connectivity index (χ4n) is 3.43. The maximum absolute atomic E-state index is 12.5. The molecule has 4 rings (SSSR count). The number of tetrazole rings is 1. The number of aromatic nitrogens is 4. The number of rotatable bonds is 6. The Kier molecular flexibility index (Phi) is 7.67. The third-order valence-electron chi connectivity index (χ3n) is 4.86. The average Bonchev–Trinajstić information content (AvgIpc) is 3.27. The predicted molar refractivity (Wildman–Crippen MR) is 136 cm³/mol. The van der Waals surface area contributed by atoms with Gasteiger partial charge in [-0.1, -0.05) is 41.4 Å². The van der Waals surface area contributed by atoms with Gasteiger partial charge >= 0.3 is 6.03 Å². The molecule has 12 heteroatoms. The molecule has 184 valence electrons. The van der Waals surface area contributed by atoms with E-state index in [-0.39, 0.29) is 12.4 Å². The van der Waals surface area contributed by atoms with Gasteiger partial charge in [-0.2, -0.15) is 0 Å². The summed E-state index contributed by atoms with van der Waals surface area (Å²) in [4.78, 5) is 24.7. The van der Waals surface area contributed by atoms with Crippen molar-refractivity contribution in [3.05, 3.63) is 81.8 Å². The summed E-state index contributed by atoms with van der Waals surface area (Å²) in [5.74, 6) is 0.553. The highest BCUT2D eigenvalue weighted by atomic mass is 35.5. The van der Waals surface area contributed by atoms with E-state index in [9.17, 15) is 9.59 Å². The third-order valence-corrected chi connectivity index (χ3v) is 5.39. The maximum atomic E-state index is 12.5. The molecule has 10 nitrogen and oxygen atoms in total. The van der Waals surface area contributed by atoms with Crippen molar-refractivity contribution < 1.29 is 14.3 Å². The van der Waals surface area contributed by atoms with Crippen molar-refractivity contribution in [3.63, 3.8) is 0 Å². The second kappa shape index (κ2) is 11.1. The maximum Gasteiger partial charge on any atom is 0.337 e. The predicted octanol–water partition coefficient (Wildman–Crippen LogP) is 4.91. The zero-order valence-electron chi connectivity index (χ0n) is 19.3. The molecule has 0 bridgehead atoms. The Morgan fingerprint density at radius 2 is 1.69 bits per heavy atom. The lowest BCUT2D eigenvalue weighted by Crippen LogP contribution is -2.45. The molecule has 0 saturated heterocycles. The molecule has 36 heavy (non-hydrogen) atoms. The van der Waals surface area contributed by atoms with E-state index in [0.29, 0.717) is 32.8 Å². The first-order valence-electron chi connectivity index (χ1n) is 10.7. The fraction of sp³-hybridized carbons (Fsp3) is 0.125.